The van der Waals surface area contributed by atoms with Gasteiger partial charge in [-0.3, -0.25) is 9.11 Å². The molecule has 0 fully saturated rings. The minimum atomic E-state index is -4.44. The highest BCUT2D eigenvalue weighted by atomic mass is 32.2. The molecule has 51 heavy (non-hydrogen) atoms. The fourth-order valence-corrected chi connectivity index (χ4v) is 8.44. The van der Waals surface area contributed by atoms with Crippen LogP contribution in [0.25, 0.3) is 16.7 Å². The van der Waals surface area contributed by atoms with E-state index >= 15 is 0 Å². The summed E-state index contributed by atoms with van der Waals surface area (Å²) in [6, 6.07) is 12.3. The van der Waals surface area contributed by atoms with Crippen LogP contribution in [0.15, 0.2) is 54.6 Å². The Kier molecular flexibility index (Phi) is 8.30. The zero-order valence-electron chi connectivity index (χ0n) is 30.1. The maximum Gasteiger partial charge on any atom is 0.336 e. The second-order valence-corrected chi connectivity index (χ2v) is 18.6. The second kappa shape index (κ2) is 11.6. The Morgan fingerprint density at radius 3 is 2.00 bits per heavy atom. The lowest BCUT2D eigenvalue weighted by Crippen LogP contribution is -2.47. The maximum absolute atomic E-state index is 12.9. The van der Waals surface area contributed by atoms with Gasteiger partial charge in [-0.2, -0.15) is 16.8 Å². The summed E-state index contributed by atoms with van der Waals surface area (Å²) >= 11 is 0. The van der Waals surface area contributed by atoms with Crippen molar-refractivity contribution in [1.82, 2.24) is 4.58 Å². The fourth-order valence-electron chi connectivity index (χ4n) is 7.18. The van der Waals surface area contributed by atoms with Crippen molar-refractivity contribution in [2.24, 2.45) is 0 Å². The molecule has 0 spiro atoms. The monoisotopic (exact) mass is 735 g/mol. The molecule has 0 atom stereocenters. The first-order valence-corrected chi connectivity index (χ1v) is 19.6. The normalized spacial score (nSPS) is 17.7. The minimum absolute atomic E-state index is 0.0196. The van der Waals surface area contributed by atoms with Gasteiger partial charge in [0.25, 0.3) is 20.2 Å². The van der Waals surface area contributed by atoms with Crippen molar-refractivity contribution in [1.29, 1.82) is 0 Å². The molecule has 270 valence electrons. The molecular formula is C38H43N2O9S2+. The fraction of sp³-hybridized carbons (Fsp3) is 0.368. The van der Waals surface area contributed by atoms with Gasteiger partial charge in [0.15, 0.2) is 5.54 Å². The Hall–Kier alpha value is -4.30. The molecular weight excluding hydrogens is 693 g/mol. The molecule has 3 N–H and O–H groups in total. The van der Waals surface area contributed by atoms with E-state index in [1.807, 2.05) is 78.1 Å². The molecule has 3 heterocycles. The highest BCUT2D eigenvalue weighted by molar-refractivity contribution is 7.86. The number of benzene rings is 3. The van der Waals surface area contributed by atoms with Crippen molar-refractivity contribution in [3.63, 3.8) is 0 Å². The number of carboxylic acid groups (broad SMARTS) is 1. The van der Waals surface area contributed by atoms with Gasteiger partial charge >= 0.3 is 5.97 Å². The number of likely N-dealkylation sites (N-methyl/N-ethyl adjacent to an activating group) is 2. The highest BCUT2D eigenvalue weighted by Crippen LogP contribution is 2.47. The van der Waals surface area contributed by atoms with E-state index in [9.17, 15) is 35.8 Å². The first-order valence-electron chi connectivity index (χ1n) is 16.4. The lowest BCUT2D eigenvalue weighted by atomic mass is 9.80. The minimum Gasteiger partial charge on any atom is -0.478 e. The molecule has 0 saturated heterocycles. The number of ether oxygens (including phenoxy) is 1. The summed E-state index contributed by atoms with van der Waals surface area (Å²) in [7, 11) is -5.13. The SMILES string of the molecule is CN1c2cc3c(cc2C(CS(=O)(=O)O)=CC1(C)C)C(c1cc(C(C)(C)C)ccc1C(=O)O)=c1cc2c(cc1O3)=[N+](C)C(C)(C)C=C2CS(=O)(=O)O. The number of aromatic carboxylic acids is 1. The Morgan fingerprint density at radius 1 is 0.824 bits per heavy atom. The Morgan fingerprint density at radius 2 is 1.43 bits per heavy atom. The summed E-state index contributed by atoms with van der Waals surface area (Å²) < 4.78 is 77.6. The molecule has 11 nitrogen and oxygen atoms in total. The number of hydrogen-bond donors (Lipinski definition) is 3. The molecule has 3 aromatic carbocycles. The van der Waals surface area contributed by atoms with Crippen molar-refractivity contribution in [3.8, 4) is 11.5 Å². The van der Waals surface area contributed by atoms with Crippen molar-refractivity contribution in [2.75, 3.05) is 30.5 Å². The Labute approximate surface area is 298 Å². The lowest BCUT2D eigenvalue weighted by molar-refractivity contribution is 0.0696. The number of anilines is 1. The third kappa shape index (κ3) is 6.63. The van der Waals surface area contributed by atoms with Gasteiger partial charge in [0, 0.05) is 54.6 Å². The first kappa shape index (κ1) is 36.5. The van der Waals surface area contributed by atoms with E-state index in [1.165, 1.54) is 0 Å². The van der Waals surface area contributed by atoms with Gasteiger partial charge in [0.05, 0.1) is 22.7 Å². The standard InChI is InChI=1S/C38H42N2O9S2/c1-36(2,3)23-10-11-24(35(41)42)27(12-23)34-28-13-25-21(19-50(43,44)45)17-37(4,5)39(8)30(25)15-32(28)49-33-16-31-26(14-29(33)34)22(20-51(46,47)48)18-38(6,7)40(31)9/h10-18H,19-20H2,1-9H3,(H2-,41,42,43,44,45,46,47,48)/p+1. The molecule has 0 bridgehead atoms. The molecule has 0 aliphatic carbocycles. The van der Waals surface area contributed by atoms with Crippen LogP contribution in [0.3, 0.4) is 0 Å². The molecule has 0 aromatic heterocycles. The zero-order valence-corrected chi connectivity index (χ0v) is 31.7. The molecule has 0 amide bonds. The molecule has 13 heteroatoms. The van der Waals surface area contributed by atoms with E-state index in [-0.39, 0.29) is 11.0 Å². The lowest BCUT2D eigenvalue weighted by Gasteiger charge is -2.41. The summed E-state index contributed by atoms with van der Waals surface area (Å²) in [5.74, 6) is -1.64. The average Bonchev–Trinajstić information content (AvgIpc) is 2.97. The van der Waals surface area contributed by atoms with E-state index in [2.05, 4.69) is 0 Å². The summed E-state index contributed by atoms with van der Waals surface area (Å²) in [5, 5.41) is 11.7. The van der Waals surface area contributed by atoms with Gasteiger partial charge in [-0.15, -0.1) is 0 Å². The number of hydrogen-bond acceptors (Lipinski definition) is 7. The van der Waals surface area contributed by atoms with Gasteiger partial charge in [0.2, 0.25) is 5.36 Å². The van der Waals surface area contributed by atoms with Crippen molar-refractivity contribution in [3.05, 3.63) is 98.6 Å². The summed E-state index contributed by atoms with van der Waals surface area (Å²) in [5.41, 5.74) is 3.03. The zero-order chi connectivity index (χ0) is 37.8. The van der Waals surface area contributed by atoms with Gasteiger partial charge in [0.1, 0.15) is 30.1 Å². The van der Waals surface area contributed by atoms with Crippen LogP contribution in [0, 0.1) is 0 Å². The predicted molar refractivity (Wildman–Crippen MR) is 198 cm³/mol. The third-order valence-corrected chi connectivity index (χ3v) is 11.6. The van der Waals surface area contributed by atoms with E-state index in [1.54, 1.807) is 48.6 Å². The summed E-state index contributed by atoms with van der Waals surface area (Å²) in [4.78, 5) is 14.9. The highest BCUT2D eigenvalue weighted by Gasteiger charge is 2.37. The largest absolute Gasteiger partial charge is 0.478 e. The number of fused-ring (bicyclic) bond motifs is 4. The molecule has 6 rings (SSSR count). The van der Waals surface area contributed by atoms with Crippen molar-refractivity contribution >= 4 is 48.6 Å². The van der Waals surface area contributed by atoms with Crippen LogP contribution in [-0.2, 0) is 25.7 Å². The van der Waals surface area contributed by atoms with E-state index in [0.717, 1.165) is 5.56 Å². The average molecular weight is 736 g/mol. The van der Waals surface area contributed by atoms with Crippen LogP contribution in [0.2, 0.25) is 0 Å². The number of carbonyl (C=O) groups is 1. The van der Waals surface area contributed by atoms with E-state index in [0.29, 0.717) is 66.7 Å². The number of nitrogens with zero attached hydrogens (tertiary/aromatic N) is 2. The van der Waals surface area contributed by atoms with Gasteiger partial charge < -0.3 is 14.7 Å². The Balaban J connectivity index is 1.81. The van der Waals surface area contributed by atoms with Crippen LogP contribution in [0.4, 0.5) is 5.69 Å². The first-order chi connectivity index (χ1) is 23.3. The van der Waals surface area contributed by atoms with E-state index < -0.39 is 48.8 Å². The van der Waals surface area contributed by atoms with E-state index in [4.69, 9.17) is 4.74 Å². The maximum atomic E-state index is 12.9. The topological polar surface area (TPSA) is 162 Å². The predicted octanol–water partition coefficient (Wildman–Crippen LogP) is 4.72. The van der Waals surface area contributed by atoms with Gasteiger partial charge in [-0.25, -0.2) is 9.37 Å². The summed E-state index contributed by atoms with van der Waals surface area (Å²) in [6.45, 7) is 13.7. The molecule has 3 aliphatic rings. The van der Waals surface area contributed by atoms with Gasteiger partial charge in [-0.05, 0) is 71.9 Å². The summed E-state index contributed by atoms with van der Waals surface area (Å²) in [6.07, 6.45) is 3.58. The van der Waals surface area contributed by atoms with Crippen LogP contribution < -0.4 is 24.8 Å². The molecule has 0 radical (unpaired) electrons. The van der Waals surface area contributed by atoms with Gasteiger partial charge in [-0.1, -0.05) is 32.9 Å². The third-order valence-electron chi connectivity index (χ3n) is 10.2. The van der Waals surface area contributed by atoms with Crippen molar-refractivity contribution < 1.29 is 40.6 Å². The quantitative estimate of drug-likeness (QED) is 0.187. The number of rotatable bonds is 6. The molecule has 3 aromatic rings. The van der Waals surface area contributed by atoms with Crippen molar-refractivity contribution in [2.45, 2.75) is 65.0 Å². The second-order valence-electron chi connectivity index (χ2n) is 15.7. The van der Waals surface area contributed by atoms with Crippen LogP contribution in [-0.4, -0.2) is 73.7 Å². The Bertz CT molecular complexity index is 2490. The van der Waals surface area contributed by atoms with Crippen LogP contribution >= 0.6 is 0 Å². The molecule has 0 unspecified atom stereocenters. The molecule has 3 aliphatic heterocycles. The van der Waals surface area contributed by atoms with Crippen LogP contribution in [0.5, 0.6) is 11.5 Å². The molecule has 0 saturated carbocycles. The van der Waals surface area contributed by atoms with Crippen LogP contribution in [0.1, 0.15) is 86.6 Å². The smallest absolute Gasteiger partial charge is 0.336 e. The number of carboxylic acids is 1.